The summed E-state index contributed by atoms with van der Waals surface area (Å²) in [6.45, 7) is 1.99. The van der Waals surface area contributed by atoms with E-state index in [4.69, 9.17) is 4.74 Å². The van der Waals surface area contributed by atoms with Gasteiger partial charge < -0.3 is 15.4 Å². The van der Waals surface area contributed by atoms with Gasteiger partial charge >= 0.3 is 5.97 Å². The summed E-state index contributed by atoms with van der Waals surface area (Å²) < 4.78 is 5.80. The first-order valence-electron chi connectivity index (χ1n) is 7.13. The highest BCUT2D eigenvalue weighted by Gasteiger charge is 2.34. The van der Waals surface area contributed by atoms with Gasteiger partial charge in [0.1, 0.15) is 6.04 Å². The summed E-state index contributed by atoms with van der Waals surface area (Å²) in [5.41, 5.74) is 0.670. The molecule has 1 aromatic rings. The average Bonchev–Trinajstić information content (AvgIpc) is 2.52. The molecule has 1 saturated heterocycles. The van der Waals surface area contributed by atoms with Gasteiger partial charge in [0.15, 0.2) is 0 Å². The summed E-state index contributed by atoms with van der Waals surface area (Å²) in [6.07, 6.45) is 0.0576. The minimum Gasteiger partial charge on any atom is -0.464 e. The van der Waals surface area contributed by atoms with Crippen molar-refractivity contribution in [2.45, 2.75) is 24.6 Å². The molecule has 1 aliphatic heterocycles. The van der Waals surface area contributed by atoms with E-state index in [2.05, 4.69) is 26.6 Å². The highest BCUT2D eigenvalue weighted by molar-refractivity contribution is 9.10. The Balaban J connectivity index is 1.84. The van der Waals surface area contributed by atoms with Crippen LogP contribution in [0.5, 0.6) is 0 Å². The van der Waals surface area contributed by atoms with Crippen molar-refractivity contribution in [2.24, 2.45) is 0 Å². The van der Waals surface area contributed by atoms with Gasteiger partial charge in [-0.25, -0.2) is 4.79 Å². The van der Waals surface area contributed by atoms with Crippen LogP contribution < -0.4 is 10.6 Å². The maximum absolute atomic E-state index is 12.0. The van der Waals surface area contributed by atoms with Crippen molar-refractivity contribution in [1.29, 1.82) is 0 Å². The number of nitrogens with one attached hydrogen (secondary N) is 2. The lowest BCUT2D eigenvalue weighted by Crippen LogP contribution is -2.51. The van der Waals surface area contributed by atoms with E-state index < -0.39 is 17.3 Å². The van der Waals surface area contributed by atoms with E-state index in [1.54, 1.807) is 19.1 Å². The van der Waals surface area contributed by atoms with E-state index in [1.807, 2.05) is 12.1 Å². The van der Waals surface area contributed by atoms with Gasteiger partial charge in [-0.2, -0.15) is 0 Å². The Kier molecular flexibility index (Phi) is 6.47. The zero-order valence-electron chi connectivity index (χ0n) is 12.5. The third-order valence-corrected chi connectivity index (χ3v) is 4.98. The molecule has 0 bridgehead atoms. The molecular formula is C15H17BrN2O4S. The summed E-state index contributed by atoms with van der Waals surface area (Å²) in [5.74, 6) is -0.591. The highest BCUT2D eigenvalue weighted by atomic mass is 79.9. The molecule has 1 heterocycles. The first kappa shape index (κ1) is 17.8. The minimum absolute atomic E-state index is 0.0576. The molecule has 0 aromatic heterocycles. The van der Waals surface area contributed by atoms with Crippen LogP contribution in [0.1, 0.15) is 13.3 Å². The van der Waals surface area contributed by atoms with Crippen LogP contribution in [0.2, 0.25) is 0 Å². The third-order valence-electron chi connectivity index (χ3n) is 3.14. The molecule has 0 unspecified atom stereocenters. The molecule has 2 rings (SSSR count). The van der Waals surface area contributed by atoms with Gasteiger partial charge in [0.2, 0.25) is 11.8 Å². The van der Waals surface area contributed by atoms with E-state index in [9.17, 15) is 14.4 Å². The molecule has 2 N–H and O–H groups in total. The molecule has 0 radical (unpaired) electrons. The normalized spacial score (nSPS) is 20.5. The number of halogens is 1. The molecule has 1 aromatic carbocycles. The summed E-state index contributed by atoms with van der Waals surface area (Å²) in [4.78, 5) is 35.6. The second-order valence-electron chi connectivity index (χ2n) is 4.89. The number of carbonyl (C=O) groups is 3. The fourth-order valence-electron chi connectivity index (χ4n) is 2.03. The molecule has 1 aliphatic rings. The molecule has 0 saturated carbocycles. The molecule has 0 aliphatic carbocycles. The third kappa shape index (κ3) is 5.24. The number of esters is 1. The summed E-state index contributed by atoms with van der Waals surface area (Å²) >= 11 is 4.61. The Morgan fingerprint density at radius 3 is 2.70 bits per heavy atom. The Bertz CT molecular complexity index is 594. The average molecular weight is 401 g/mol. The lowest BCUT2D eigenvalue weighted by atomic mass is 10.2. The molecule has 124 valence electrons. The number of thioether (sulfide) groups is 1. The van der Waals surface area contributed by atoms with Gasteiger partial charge in [-0.05, 0) is 31.2 Å². The van der Waals surface area contributed by atoms with Crippen molar-refractivity contribution in [3.05, 3.63) is 28.7 Å². The van der Waals surface area contributed by atoms with Crippen LogP contribution >= 0.6 is 27.7 Å². The summed E-state index contributed by atoms with van der Waals surface area (Å²) in [7, 11) is 0. The van der Waals surface area contributed by atoms with Crippen LogP contribution in [0.25, 0.3) is 0 Å². The Morgan fingerprint density at radius 1 is 1.39 bits per heavy atom. The van der Waals surface area contributed by atoms with E-state index >= 15 is 0 Å². The van der Waals surface area contributed by atoms with Gasteiger partial charge in [0, 0.05) is 22.3 Å². The lowest BCUT2D eigenvalue weighted by Gasteiger charge is -2.27. The van der Waals surface area contributed by atoms with E-state index in [1.165, 1.54) is 11.8 Å². The maximum Gasteiger partial charge on any atom is 0.329 e. The fourth-order valence-corrected chi connectivity index (χ4v) is 3.43. The van der Waals surface area contributed by atoms with Crippen molar-refractivity contribution in [3.63, 3.8) is 0 Å². The van der Waals surface area contributed by atoms with Crippen LogP contribution in [0, 0.1) is 0 Å². The number of rotatable bonds is 5. The van der Waals surface area contributed by atoms with Gasteiger partial charge in [0.25, 0.3) is 0 Å². The van der Waals surface area contributed by atoms with Crippen LogP contribution in [0.4, 0.5) is 5.69 Å². The number of hydrogen-bond acceptors (Lipinski definition) is 5. The second-order valence-corrected chi connectivity index (χ2v) is 7.05. The number of anilines is 1. The Morgan fingerprint density at radius 2 is 2.09 bits per heavy atom. The van der Waals surface area contributed by atoms with Crippen molar-refractivity contribution in [3.8, 4) is 0 Å². The van der Waals surface area contributed by atoms with Crippen LogP contribution in [0.3, 0.4) is 0 Å². The van der Waals surface area contributed by atoms with E-state index in [0.717, 1.165) is 4.47 Å². The number of carbonyl (C=O) groups excluding carboxylic acids is 3. The van der Waals surface area contributed by atoms with Crippen molar-refractivity contribution < 1.29 is 19.1 Å². The van der Waals surface area contributed by atoms with Gasteiger partial charge in [-0.15, -0.1) is 11.8 Å². The highest BCUT2D eigenvalue weighted by Crippen LogP contribution is 2.22. The first-order chi connectivity index (χ1) is 11.0. The molecule has 6 nitrogen and oxygen atoms in total. The predicted molar refractivity (Wildman–Crippen MR) is 92.2 cm³/mol. The van der Waals surface area contributed by atoms with Gasteiger partial charge in [0.05, 0.1) is 11.9 Å². The zero-order valence-corrected chi connectivity index (χ0v) is 14.9. The topological polar surface area (TPSA) is 84.5 Å². The maximum atomic E-state index is 12.0. The monoisotopic (exact) mass is 400 g/mol. The molecule has 0 spiro atoms. The molecular weight excluding hydrogens is 384 g/mol. The quantitative estimate of drug-likeness (QED) is 0.737. The largest absolute Gasteiger partial charge is 0.464 e. The molecule has 23 heavy (non-hydrogen) atoms. The number of benzene rings is 1. The summed E-state index contributed by atoms with van der Waals surface area (Å²) in [6, 6.07) is 6.54. The smallest absolute Gasteiger partial charge is 0.329 e. The first-order valence-corrected chi connectivity index (χ1v) is 8.97. The van der Waals surface area contributed by atoms with Crippen LogP contribution in [-0.4, -0.2) is 41.4 Å². The van der Waals surface area contributed by atoms with Crippen molar-refractivity contribution in [1.82, 2.24) is 5.32 Å². The van der Waals surface area contributed by atoms with E-state index in [-0.39, 0.29) is 24.8 Å². The Hall–Kier alpha value is -1.54. The van der Waals surface area contributed by atoms with Crippen molar-refractivity contribution in [2.75, 3.05) is 17.7 Å². The number of hydrogen-bond donors (Lipinski definition) is 2. The van der Waals surface area contributed by atoms with Crippen molar-refractivity contribution >= 4 is 51.2 Å². The predicted octanol–water partition coefficient (Wildman–Crippen LogP) is 1.94. The second kappa shape index (κ2) is 8.35. The van der Waals surface area contributed by atoms with Gasteiger partial charge in [-0.3, -0.25) is 9.59 Å². The summed E-state index contributed by atoms with van der Waals surface area (Å²) in [5, 5.41) is 4.85. The standard InChI is InChI=1S/C15H17BrN2O4S/c1-2-22-15(21)11-8-23-12(14(20)18-11)7-13(19)17-10-5-3-9(16)4-6-10/h3-6,11-12H,2,7-8H2,1H3,(H,17,19)(H,18,20)/t11-,12-/m1/s1. The Labute approximate surface area is 146 Å². The fraction of sp³-hybridized carbons (Fsp3) is 0.400. The number of amides is 2. The number of ether oxygens (including phenoxy) is 1. The van der Waals surface area contributed by atoms with Crippen LogP contribution in [-0.2, 0) is 19.1 Å². The molecule has 8 heteroatoms. The van der Waals surface area contributed by atoms with Crippen LogP contribution in [0.15, 0.2) is 28.7 Å². The zero-order chi connectivity index (χ0) is 16.8. The molecule has 2 amide bonds. The van der Waals surface area contributed by atoms with Gasteiger partial charge in [-0.1, -0.05) is 15.9 Å². The molecule has 2 atom stereocenters. The minimum atomic E-state index is -0.641. The van der Waals surface area contributed by atoms with E-state index in [0.29, 0.717) is 11.4 Å². The SMILES string of the molecule is CCOC(=O)[C@H]1CS[C@H](CC(=O)Nc2ccc(Br)cc2)C(=O)N1. The lowest BCUT2D eigenvalue weighted by molar-refractivity contribution is -0.146. The molecule has 1 fully saturated rings.